The Hall–Kier alpha value is -2.33. The number of aromatic nitrogens is 1. The Morgan fingerprint density at radius 3 is 2.55 bits per heavy atom. The molecule has 3 rings (SSSR count). The van der Waals surface area contributed by atoms with Crippen LogP contribution in [-0.4, -0.2) is 10.1 Å². The monoisotopic (exact) mass is 271 g/mol. The van der Waals surface area contributed by atoms with Gasteiger partial charge in [0.05, 0.1) is 0 Å². The third kappa shape index (κ3) is 2.04. The summed E-state index contributed by atoms with van der Waals surface area (Å²) in [6.45, 7) is 0. The fraction of sp³-hybridized carbons (Fsp3) is 0.0625. The molecule has 0 spiro atoms. The number of aliphatic hydroxyl groups excluding tert-OH is 1. The van der Waals surface area contributed by atoms with Crippen molar-refractivity contribution < 1.29 is 13.9 Å². The molecule has 1 unspecified atom stereocenters. The van der Waals surface area contributed by atoms with Gasteiger partial charge in [0.15, 0.2) is 11.6 Å². The van der Waals surface area contributed by atoms with Crippen LogP contribution in [-0.2, 0) is 0 Å². The Morgan fingerprint density at radius 1 is 0.950 bits per heavy atom. The Morgan fingerprint density at radius 2 is 1.70 bits per heavy atom. The molecule has 0 bridgehead atoms. The molecule has 0 aliphatic carbocycles. The van der Waals surface area contributed by atoms with Gasteiger partial charge in [-0.25, -0.2) is 8.78 Å². The number of hydrogen-bond donors (Lipinski definition) is 1. The topological polar surface area (TPSA) is 33.1 Å². The number of rotatable bonds is 2. The smallest absolute Gasteiger partial charge is 0.164 e. The van der Waals surface area contributed by atoms with Gasteiger partial charge in [-0.05, 0) is 23.1 Å². The first kappa shape index (κ1) is 12.7. The SMILES string of the molecule is OC(c1cccc(F)c1F)c1cccc2ccncc12. The molecular weight excluding hydrogens is 260 g/mol. The zero-order chi connectivity index (χ0) is 14.1. The quantitative estimate of drug-likeness (QED) is 0.772. The van der Waals surface area contributed by atoms with Crippen LogP contribution in [0.5, 0.6) is 0 Å². The second-order valence-electron chi connectivity index (χ2n) is 4.49. The molecule has 1 heterocycles. The third-order valence-electron chi connectivity index (χ3n) is 3.29. The van der Waals surface area contributed by atoms with E-state index < -0.39 is 17.7 Å². The lowest BCUT2D eigenvalue weighted by atomic mass is 9.96. The molecule has 0 amide bonds. The van der Waals surface area contributed by atoms with E-state index >= 15 is 0 Å². The van der Waals surface area contributed by atoms with E-state index in [2.05, 4.69) is 4.98 Å². The van der Waals surface area contributed by atoms with Crippen molar-refractivity contribution in [3.63, 3.8) is 0 Å². The minimum atomic E-state index is -1.24. The van der Waals surface area contributed by atoms with Gasteiger partial charge in [0.1, 0.15) is 6.10 Å². The zero-order valence-electron chi connectivity index (χ0n) is 10.4. The van der Waals surface area contributed by atoms with Crippen LogP contribution >= 0.6 is 0 Å². The first-order valence-electron chi connectivity index (χ1n) is 6.13. The molecule has 100 valence electrons. The van der Waals surface area contributed by atoms with E-state index in [0.29, 0.717) is 10.9 Å². The third-order valence-corrected chi connectivity index (χ3v) is 3.29. The van der Waals surface area contributed by atoms with E-state index in [4.69, 9.17) is 0 Å². The molecule has 20 heavy (non-hydrogen) atoms. The minimum absolute atomic E-state index is 0.0821. The predicted octanol–water partition coefficient (Wildman–Crippen LogP) is 3.59. The molecule has 0 saturated carbocycles. The van der Waals surface area contributed by atoms with Crippen molar-refractivity contribution >= 4 is 10.8 Å². The first-order valence-corrected chi connectivity index (χ1v) is 6.13. The highest BCUT2D eigenvalue weighted by Gasteiger charge is 2.19. The van der Waals surface area contributed by atoms with Crippen LogP contribution in [0.1, 0.15) is 17.2 Å². The summed E-state index contributed by atoms with van der Waals surface area (Å²) in [6, 6.07) is 10.9. The molecular formula is C16H11F2NO. The molecule has 4 heteroatoms. The van der Waals surface area contributed by atoms with Crippen LogP contribution < -0.4 is 0 Å². The van der Waals surface area contributed by atoms with E-state index in [-0.39, 0.29) is 5.56 Å². The van der Waals surface area contributed by atoms with E-state index in [9.17, 15) is 13.9 Å². The highest BCUT2D eigenvalue weighted by atomic mass is 19.2. The number of halogens is 2. The van der Waals surface area contributed by atoms with Crippen molar-refractivity contribution in [1.29, 1.82) is 0 Å². The molecule has 0 aliphatic rings. The summed E-state index contributed by atoms with van der Waals surface area (Å²) in [5.74, 6) is -2.00. The molecule has 0 saturated heterocycles. The zero-order valence-corrected chi connectivity index (χ0v) is 10.4. The summed E-state index contributed by atoms with van der Waals surface area (Å²) in [6.07, 6.45) is 2.01. The van der Waals surface area contributed by atoms with Gasteiger partial charge in [-0.1, -0.05) is 30.3 Å². The van der Waals surface area contributed by atoms with Crippen LogP contribution in [0, 0.1) is 11.6 Å². The highest BCUT2D eigenvalue weighted by Crippen LogP contribution is 2.30. The fourth-order valence-electron chi connectivity index (χ4n) is 2.27. The van der Waals surface area contributed by atoms with Crippen LogP contribution in [0.3, 0.4) is 0 Å². The number of hydrogen-bond acceptors (Lipinski definition) is 2. The van der Waals surface area contributed by atoms with Crippen LogP contribution in [0.25, 0.3) is 10.8 Å². The average molecular weight is 271 g/mol. The lowest BCUT2D eigenvalue weighted by Crippen LogP contribution is -2.05. The fourth-order valence-corrected chi connectivity index (χ4v) is 2.27. The van der Waals surface area contributed by atoms with Crippen molar-refractivity contribution in [2.75, 3.05) is 0 Å². The number of pyridine rings is 1. The van der Waals surface area contributed by atoms with Crippen LogP contribution in [0.2, 0.25) is 0 Å². The van der Waals surface area contributed by atoms with E-state index in [1.165, 1.54) is 12.1 Å². The van der Waals surface area contributed by atoms with Crippen molar-refractivity contribution in [1.82, 2.24) is 4.98 Å². The normalized spacial score (nSPS) is 12.6. The van der Waals surface area contributed by atoms with E-state index in [1.807, 2.05) is 6.07 Å². The van der Waals surface area contributed by atoms with Crippen LogP contribution in [0.15, 0.2) is 54.9 Å². The predicted molar refractivity (Wildman–Crippen MR) is 72.2 cm³/mol. The van der Waals surface area contributed by atoms with Gasteiger partial charge >= 0.3 is 0 Å². The molecule has 1 N–H and O–H groups in total. The van der Waals surface area contributed by atoms with E-state index in [1.54, 1.807) is 30.6 Å². The number of benzene rings is 2. The molecule has 0 fully saturated rings. The molecule has 0 radical (unpaired) electrons. The minimum Gasteiger partial charge on any atom is -0.384 e. The van der Waals surface area contributed by atoms with Gasteiger partial charge in [-0.2, -0.15) is 0 Å². The molecule has 3 aromatic rings. The average Bonchev–Trinajstić information content (AvgIpc) is 2.49. The molecule has 2 nitrogen and oxygen atoms in total. The van der Waals surface area contributed by atoms with Crippen molar-refractivity contribution in [3.05, 3.63) is 77.6 Å². The van der Waals surface area contributed by atoms with E-state index in [0.717, 1.165) is 11.5 Å². The van der Waals surface area contributed by atoms with Crippen LogP contribution in [0.4, 0.5) is 8.78 Å². The van der Waals surface area contributed by atoms with Gasteiger partial charge in [0, 0.05) is 23.3 Å². The number of fused-ring (bicyclic) bond motifs is 1. The van der Waals surface area contributed by atoms with Gasteiger partial charge in [0.2, 0.25) is 0 Å². The second kappa shape index (κ2) is 4.98. The van der Waals surface area contributed by atoms with Gasteiger partial charge < -0.3 is 5.11 Å². The number of aliphatic hydroxyl groups is 1. The van der Waals surface area contributed by atoms with Gasteiger partial charge in [-0.15, -0.1) is 0 Å². The molecule has 1 aromatic heterocycles. The lowest BCUT2D eigenvalue weighted by Gasteiger charge is -2.15. The summed E-state index contributed by atoms with van der Waals surface area (Å²) in [5.41, 5.74) is 0.418. The van der Waals surface area contributed by atoms with Crippen molar-refractivity contribution in [3.8, 4) is 0 Å². The Kier molecular flexibility index (Phi) is 3.16. The summed E-state index contributed by atoms with van der Waals surface area (Å²) < 4.78 is 27.1. The maximum absolute atomic E-state index is 13.8. The maximum atomic E-state index is 13.8. The largest absolute Gasteiger partial charge is 0.384 e. The van der Waals surface area contributed by atoms with Gasteiger partial charge in [-0.3, -0.25) is 4.98 Å². The summed E-state index contributed by atoms with van der Waals surface area (Å²) in [4.78, 5) is 4.01. The maximum Gasteiger partial charge on any atom is 0.164 e. The lowest BCUT2D eigenvalue weighted by molar-refractivity contribution is 0.215. The highest BCUT2D eigenvalue weighted by molar-refractivity contribution is 5.85. The Labute approximate surface area is 114 Å². The Bertz CT molecular complexity index is 768. The summed E-state index contributed by atoms with van der Waals surface area (Å²) in [5, 5.41) is 12.0. The number of nitrogens with zero attached hydrogens (tertiary/aromatic N) is 1. The Balaban J connectivity index is 2.18. The molecule has 2 aromatic carbocycles. The summed E-state index contributed by atoms with van der Waals surface area (Å²) in [7, 11) is 0. The van der Waals surface area contributed by atoms with Crippen molar-refractivity contribution in [2.45, 2.75) is 6.10 Å². The molecule has 0 aliphatic heterocycles. The standard InChI is InChI=1S/C16H11F2NO/c17-14-6-2-5-12(15(14)18)16(20)11-4-1-3-10-7-8-19-9-13(10)11/h1-9,16,20H. The summed E-state index contributed by atoms with van der Waals surface area (Å²) >= 11 is 0. The molecule has 1 atom stereocenters. The first-order chi connectivity index (χ1) is 9.68. The van der Waals surface area contributed by atoms with Crippen molar-refractivity contribution in [2.24, 2.45) is 0 Å². The van der Waals surface area contributed by atoms with Gasteiger partial charge in [0.25, 0.3) is 0 Å². The second-order valence-corrected chi connectivity index (χ2v) is 4.49.